The van der Waals surface area contributed by atoms with Crippen LogP contribution < -0.4 is 0 Å². The number of carbonyl (C=O) groups excluding carboxylic acids is 1. The van der Waals surface area contributed by atoms with Crippen LogP contribution in [0.2, 0.25) is 5.02 Å². The minimum Gasteiger partial charge on any atom is -0.469 e. The fourth-order valence-corrected chi connectivity index (χ4v) is 2.72. The minimum atomic E-state index is -0.107. The average Bonchev–Trinajstić information content (AvgIpc) is 2.72. The Kier molecular flexibility index (Phi) is 4.25. The zero-order valence-electron chi connectivity index (χ0n) is 10.7. The van der Waals surface area contributed by atoms with Crippen LogP contribution in [0.5, 0.6) is 0 Å². The van der Waals surface area contributed by atoms with Crippen molar-refractivity contribution in [1.82, 2.24) is 4.90 Å². The molecule has 0 saturated carbocycles. The third-order valence-corrected chi connectivity index (χ3v) is 3.91. The van der Waals surface area contributed by atoms with Crippen LogP contribution in [0.3, 0.4) is 0 Å². The average molecular weight is 268 g/mol. The summed E-state index contributed by atoms with van der Waals surface area (Å²) in [6.07, 6.45) is 0. The van der Waals surface area contributed by atoms with E-state index in [-0.39, 0.29) is 11.9 Å². The summed E-state index contributed by atoms with van der Waals surface area (Å²) in [5.74, 6) is 0.210. The monoisotopic (exact) mass is 267 g/mol. The number of nitrogens with zero attached hydrogens (tertiary/aromatic N) is 1. The Hall–Kier alpha value is -1.06. The molecule has 0 radical (unpaired) electrons. The third-order valence-electron chi connectivity index (χ3n) is 3.54. The Morgan fingerprint density at radius 1 is 1.44 bits per heavy atom. The molecular weight excluding hydrogens is 250 g/mol. The first-order chi connectivity index (χ1) is 8.61. The van der Waals surface area contributed by atoms with Gasteiger partial charge in [0.25, 0.3) is 0 Å². The summed E-state index contributed by atoms with van der Waals surface area (Å²) >= 11 is 6.15. The van der Waals surface area contributed by atoms with Crippen molar-refractivity contribution in [3.05, 3.63) is 34.9 Å². The van der Waals surface area contributed by atoms with Crippen LogP contribution in [0.4, 0.5) is 0 Å². The van der Waals surface area contributed by atoms with Crippen LogP contribution in [-0.4, -0.2) is 31.1 Å². The molecule has 0 aromatic heterocycles. The molecule has 2 rings (SSSR count). The molecule has 1 aliphatic rings. The van der Waals surface area contributed by atoms with Crippen LogP contribution >= 0.6 is 11.6 Å². The van der Waals surface area contributed by atoms with E-state index in [4.69, 9.17) is 16.3 Å². The molecule has 0 N–H and O–H groups in total. The van der Waals surface area contributed by atoms with Crippen molar-refractivity contribution in [2.45, 2.75) is 13.5 Å². The maximum absolute atomic E-state index is 11.6. The highest BCUT2D eigenvalue weighted by molar-refractivity contribution is 6.31. The second kappa shape index (κ2) is 5.72. The molecule has 1 heterocycles. The zero-order chi connectivity index (χ0) is 13.1. The summed E-state index contributed by atoms with van der Waals surface area (Å²) in [4.78, 5) is 13.9. The molecule has 18 heavy (non-hydrogen) atoms. The number of methoxy groups -OCH3 is 1. The number of rotatable bonds is 3. The number of esters is 1. The highest BCUT2D eigenvalue weighted by atomic mass is 35.5. The normalized spacial score (nSPS) is 24.2. The molecule has 1 aromatic rings. The van der Waals surface area contributed by atoms with E-state index < -0.39 is 0 Å². The van der Waals surface area contributed by atoms with Gasteiger partial charge in [0, 0.05) is 24.7 Å². The van der Waals surface area contributed by atoms with Crippen molar-refractivity contribution in [3.63, 3.8) is 0 Å². The van der Waals surface area contributed by atoms with Crippen LogP contribution in [0.1, 0.15) is 12.5 Å². The smallest absolute Gasteiger partial charge is 0.310 e. The Morgan fingerprint density at radius 3 is 2.83 bits per heavy atom. The van der Waals surface area contributed by atoms with E-state index in [1.807, 2.05) is 24.3 Å². The highest BCUT2D eigenvalue weighted by Gasteiger charge is 2.35. The van der Waals surface area contributed by atoms with E-state index in [9.17, 15) is 4.79 Å². The lowest BCUT2D eigenvalue weighted by atomic mass is 9.99. The Morgan fingerprint density at radius 2 is 2.17 bits per heavy atom. The van der Waals surface area contributed by atoms with Crippen molar-refractivity contribution < 1.29 is 9.53 Å². The molecule has 1 aromatic carbocycles. The van der Waals surface area contributed by atoms with Gasteiger partial charge in [-0.1, -0.05) is 36.7 Å². The number of benzene rings is 1. The van der Waals surface area contributed by atoms with Gasteiger partial charge in [0.2, 0.25) is 0 Å². The first-order valence-electron chi connectivity index (χ1n) is 6.15. The number of hydrogen-bond acceptors (Lipinski definition) is 3. The molecular formula is C14H18ClNO2. The minimum absolute atomic E-state index is 0.0162. The Balaban J connectivity index is 2.01. The van der Waals surface area contributed by atoms with E-state index in [2.05, 4.69) is 11.8 Å². The Bertz CT molecular complexity index is 436. The van der Waals surface area contributed by atoms with Crippen LogP contribution in [0.25, 0.3) is 0 Å². The molecule has 1 fully saturated rings. The molecule has 0 bridgehead atoms. The van der Waals surface area contributed by atoms with Crippen LogP contribution in [0.15, 0.2) is 24.3 Å². The van der Waals surface area contributed by atoms with E-state index >= 15 is 0 Å². The first-order valence-corrected chi connectivity index (χ1v) is 6.53. The number of hydrogen-bond donors (Lipinski definition) is 0. The molecule has 1 saturated heterocycles. The van der Waals surface area contributed by atoms with Gasteiger partial charge in [-0.15, -0.1) is 0 Å². The summed E-state index contributed by atoms with van der Waals surface area (Å²) < 4.78 is 4.84. The summed E-state index contributed by atoms with van der Waals surface area (Å²) in [6, 6.07) is 7.83. The van der Waals surface area contributed by atoms with Gasteiger partial charge in [-0.25, -0.2) is 0 Å². The van der Waals surface area contributed by atoms with Gasteiger partial charge in [0.15, 0.2) is 0 Å². The second-order valence-corrected chi connectivity index (χ2v) is 5.30. The quantitative estimate of drug-likeness (QED) is 0.789. The topological polar surface area (TPSA) is 29.5 Å². The maximum Gasteiger partial charge on any atom is 0.310 e. The number of halogens is 1. The molecule has 98 valence electrons. The van der Waals surface area contributed by atoms with Crippen molar-refractivity contribution in [3.8, 4) is 0 Å². The van der Waals surface area contributed by atoms with Gasteiger partial charge in [-0.05, 0) is 17.5 Å². The number of ether oxygens (including phenoxy) is 1. The standard InChI is InChI=1S/C14H18ClNO2/c1-10-7-16(9-12(10)14(17)18-2)8-11-5-3-4-6-13(11)15/h3-6,10,12H,7-9H2,1-2H3. The largest absolute Gasteiger partial charge is 0.469 e. The van der Waals surface area contributed by atoms with Crippen LogP contribution in [-0.2, 0) is 16.1 Å². The van der Waals surface area contributed by atoms with Gasteiger partial charge in [0.1, 0.15) is 0 Å². The molecule has 0 spiro atoms. The predicted octanol–water partition coefficient (Wildman–Crippen LogP) is 2.58. The van der Waals surface area contributed by atoms with Gasteiger partial charge >= 0.3 is 5.97 Å². The Labute approximate surface area is 113 Å². The predicted molar refractivity (Wildman–Crippen MR) is 71.4 cm³/mol. The van der Waals surface area contributed by atoms with E-state index in [0.29, 0.717) is 5.92 Å². The van der Waals surface area contributed by atoms with Crippen molar-refractivity contribution in [2.24, 2.45) is 11.8 Å². The number of likely N-dealkylation sites (tertiary alicyclic amines) is 1. The van der Waals surface area contributed by atoms with Gasteiger partial charge < -0.3 is 4.74 Å². The maximum atomic E-state index is 11.6. The molecule has 1 aliphatic heterocycles. The summed E-state index contributed by atoms with van der Waals surface area (Å²) in [6.45, 7) is 4.54. The van der Waals surface area contributed by atoms with Crippen LogP contribution in [0, 0.1) is 11.8 Å². The van der Waals surface area contributed by atoms with Crippen molar-refractivity contribution in [2.75, 3.05) is 20.2 Å². The second-order valence-electron chi connectivity index (χ2n) is 4.89. The third kappa shape index (κ3) is 2.85. The van der Waals surface area contributed by atoms with E-state index in [1.165, 1.54) is 7.11 Å². The van der Waals surface area contributed by atoms with Gasteiger partial charge in [-0.2, -0.15) is 0 Å². The molecule has 2 atom stereocenters. The lowest BCUT2D eigenvalue weighted by Gasteiger charge is -2.16. The lowest BCUT2D eigenvalue weighted by Crippen LogP contribution is -2.24. The fraction of sp³-hybridized carbons (Fsp3) is 0.500. The van der Waals surface area contributed by atoms with E-state index in [0.717, 1.165) is 30.2 Å². The van der Waals surface area contributed by atoms with Gasteiger partial charge in [-0.3, -0.25) is 9.69 Å². The molecule has 2 unspecified atom stereocenters. The SMILES string of the molecule is COC(=O)C1CN(Cc2ccccc2Cl)CC1C. The van der Waals surface area contributed by atoms with Crippen molar-refractivity contribution in [1.29, 1.82) is 0 Å². The lowest BCUT2D eigenvalue weighted by molar-refractivity contribution is -0.146. The first kappa shape index (κ1) is 13.4. The van der Waals surface area contributed by atoms with Gasteiger partial charge in [0.05, 0.1) is 13.0 Å². The summed E-state index contributed by atoms with van der Waals surface area (Å²) in [7, 11) is 1.45. The van der Waals surface area contributed by atoms with Crippen molar-refractivity contribution >= 4 is 17.6 Å². The molecule has 0 amide bonds. The fourth-order valence-electron chi connectivity index (χ4n) is 2.52. The molecule has 0 aliphatic carbocycles. The highest BCUT2D eigenvalue weighted by Crippen LogP contribution is 2.27. The summed E-state index contributed by atoms with van der Waals surface area (Å²) in [5, 5.41) is 0.784. The van der Waals surface area contributed by atoms with E-state index in [1.54, 1.807) is 0 Å². The molecule has 3 nitrogen and oxygen atoms in total. The number of carbonyl (C=O) groups is 1. The summed E-state index contributed by atoms with van der Waals surface area (Å²) in [5.41, 5.74) is 1.11. The molecule has 4 heteroatoms. The zero-order valence-corrected chi connectivity index (χ0v) is 11.5.